The number of carbonyl (C=O) groups is 2. The zero-order valence-electron chi connectivity index (χ0n) is 15.1. The summed E-state index contributed by atoms with van der Waals surface area (Å²) in [5.41, 5.74) is 5.00. The molecule has 1 aromatic carbocycles. The minimum atomic E-state index is -3.62. The van der Waals surface area contributed by atoms with E-state index in [1.54, 1.807) is 0 Å². The highest BCUT2D eigenvalue weighted by molar-refractivity contribution is 7.89. The van der Waals surface area contributed by atoms with Crippen LogP contribution < -0.4 is 10.9 Å². The SMILES string of the molecule is CN(C)S(=O)(=O)c1cccc(C(=O)NNC(=O)C[C@@H]2C[C@@H]3CC[C@@H]2C3)c1. The van der Waals surface area contributed by atoms with Gasteiger partial charge in [0, 0.05) is 26.1 Å². The van der Waals surface area contributed by atoms with Gasteiger partial charge in [-0.3, -0.25) is 20.4 Å². The number of amides is 2. The predicted octanol–water partition coefficient (Wildman–Crippen LogP) is 1.52. The number of hydrogen-bond donors (Lipinski definition) is 2. The summed E-state index contributed by atoms with van der Waals surface area (Å²) in [6, 6.07) is 5.74. The van der Waals surface area contributed by atoms with Crippen molar-refractivity contribution in [3.05, 3.63) is 29.8 Å². The van der Waals surface area contributed by atoms with Crippen molar-refractivity contribution >= 4 is 21.8 Å². The fraction of sp³-hybridized carbons (Fsp3) is 0.556. The Hall–Kier alpha value is -1.93. The summed E-state index contributed by atoms with van der Waals surface area (Å²) >= 11 is 0. The number of hydrogen-bond acceptors (Lipinski definition) is 4. The third kappa shape index (κ3) is 3.91. The summed E-state index contributed by atoms with van der Waals surface area (Å²) in [5, 5.41) is 0. The second-order valence-corrected chi connectivity index (χ2v) is 9.61. The van der Waals surface area contributed by atoms with Crippen molar-refractivity contribution in [2.45, 2.75) is 37.0 Å². The highest BCUT2D eigenvalue weighted by atomic mass is 32.2. The number of nitrogens with zero attached hydrogens (tertiary/aromatic N) is 1. The Morgan fingerprint density at radius 2 is 1.92 bits per heavy atom. The first kappa shape index (κ1) is 18.8. The molecule has 2 saturated carbocycles. The molecule has 26 heavy (non-hydrogen) atoms. The van der Waals surface area contributed by atoms with E-state index in [1.807, 2.05) is 0 Å². The Morgan fingerprint density at radius 3 is 2.54 bits per heavy atom. The van der Waals surface area contributed by atoms with Crippen molar-refractivity contribution in [1.82, 2.24) is 15.2 Å². The van der Waals surface area contributed by atoms with Gasteiger partial charge in [0.05, 0.1) is 4.90 Å². The molecule has 2 aliphatic carbocycles. The van der Waals surface area contributed by atoms with Crippen molar-refractivity contribution in [1.29, 1.82) is 0 Å². The number of rotatable bonds is 5. The van der Waals surface area contributed by atoms with Gasteiger partial charge >= 0.3 is 0 Å². The number of hydrazine groups is 1. The molecule has 1 aromatic rings. The minimum absolute atomic E-state index is 0.0310. The monoisotopic (exact) mass is 379 g/mol. The lowest BCUT2D eigenvalue weighted by Crippen LogP contribution is -2.42. The molecule has 2 aliphatic rings. The lowest BCUT2D eigenvalue weighted by molar-refractivity contribution is -0.123. The van der Waals surface area contributed by atoms with Crippen molar-refractivity contribution in [3.8, 4) is 0 Å². The number of nitrogens with one attached hydrogen (secondary N) is 2. The van der Waals surface area contributed by atoms with Gasteiger partial charge in [-0.15, -0.1) is 0 Å². The maximum absolute atomic E-state index is 12.2. The van der Waals surface area contributed by atoms with Gasteiger partial charge in [-0.05, 0) is 55.2 Å². The molecule has 3 rings (SSSR count). The van der Waals surface area contributed by atoms with Gasteiger partial charge in [0.2, 0.25) is 15.9 Å². The fourth-order valence-corrected chi connectivity index (χ4v) is 5.07. The Kier molecular flexibility index (Phi) is 5.34. The smallest absolute Gasteiger partial charge is 0.269 e. The molecular formula is C18H25N3O4S. The first-order valence-corrected chi connectivity index (χ1v) is 10.3. The summed E-state index contributed by atoms with van der Waals surface area (Å²) in [6.45, 7) is 0. The van der Waals surface area contributed by atoms with Gasteiger partial charge in [-0.2, -0.15) is 0 Å². The molecule has 0 radical (unpaired) electrons. The average molecular weight is 379 g/mol. The molecule has 0 heterocycles. The lowest BCUT2D eigenvalue weighted by atomic mass is 9.86. The fourth-order valence-electron chi connectivity index (χ4n) is 4.12. The molecule has 7 nitrogen and oxygen atoms in total. The molecule has 0 unspecified atom stereocenters. The van der Waals surface area contributed by atoms with Gasteiger partial charge in [0.1, 0.15) is 0 Å². The van der Waals surface area contributed by atoms with E-state index in [2.05, 4.69) is 10.9 Å². The molecule has 2 amide bonds. The highest BCUT2D eigenvalue weighted by Crippen LogP contribution is 2.49. The largest absolute Gasteiger partial charge is 0.273 e. The van der Waals surface area contributed by atoms with Crippen molar-refractivity contribution in [2.24, 2.45) is 17.8 Å². The molecule has 2 N–H and O–H groups in total. The van der Waals surface area contributed by atoms with Gasteiger partial charge in [0.25, 0.3) is 5.91 Å². The molecule has 0 aromatic heterocycles. The van der Waals surface area contributed by atoms with Gasteiger partial charge in [0.15, 0.2) is 0 Å². The van der Waals surface area contributed by atoms with E-state index in [9.17, 15) is 18.0 Å². The number of carbonyl (C=O) groups excluding carboxylic acids is 2. The third-order valence-electron chi connectivity index (χ3n) is 5.52. The molecule has 2 bridgehead atoms. The molecular weight excluding hydrogens is 354 g/mol. The molecule has 8 heteroatoms. The molecule has 3 atom stereocenters. The van der Waals surface area contributed by atoms with Crippen LogP contribution in [-0.4, -0.2) is 38.6 Å². The highest BCUT2D eigenvalue weighted by Gasteiger charge is 2.40. The van der Waals surface area contributed by atoms with Gasteiger partial charge in [-0.1, -0.05) is 12.5 Å². The van der Waals surface area contributed by atoms with Crippen LogP contribution in [0, 0.1) is 17.8 Å². The first-order chi connectivity index (χ1) is 12.3. The lowest BCUT2D eigenvalue weighted by Gasteiger charge is -2.20. The van der Waals surface area contributed by atoms with Crippen LogP contribution in [0.5, 0.6) is 0 Å². The van der Waals surface area contributed by atoms with E-state index in [0.717, 1.165) is 16.6 Å². The van der Waals surface area contributed by atoms with Crippen LogP contribution in [0.15, 0.2) is 29.2 Å². The second-order valence-electron chi connectivity index (χ2n) is 7.46. The van der Waals surface area contributed by atoms with Crippen molar-refractivity contribution in [3.63, 3.8) is 0 Å². The maximum Gasteiger partial charge on any atom is 0.269 e. The average Bonchev–Trinajstić information content (AvgIpc) is 3.22. The van der Waals surface area contributed by atoms with E-state index in [4.69, 9.17) is 0 Å². The molecule has 0 saturated heterocycles. The number of benzene rings is 1. The van der Waals surface area contributed by atoms with E-state index in [-0.39, 0.29) is 16.4 Å². The molecule has 2 fully saturated rings. The quantitative estimate of drug-likeness (QED) is 0.759. The van der Waals surface area contributed by atoms with E-state index in [0.29, 0.717) is 18.3 Å². The minimum Gasteiger partial charge on any atom is -0.273 e. The van der Waals surface area contributed by atoms with Crippen molar-refractivity contribution < 1.29 is 18.0 Å². The maximum atomic E-state index is 12.2. The summed E-state index contributed by atoms with van der Waals surface area (Å²) in [5.74, 6) is 1.09. The number of fused-ring (bicyclic) bond motifs is 2. The summed E-state index contributed by atoms with van der Waals surface area (Å²) in [7, 11) is -0.762. The topological polar surface area (TPSA) is 95.6 Å². The van der Waals surface area contributed by atoms with Crippen LogP contribution in [-0.2, 0) is 14.8 Å². The Bertz CT molecular complexity index is 806. The molecule has 0 aliphatic heterocycles. The van der Waals surface area contributed by atoms with E-state index in [1.165, 1.54) is 57.6 Å². The Morgan fingerprint density at radius 1 is 1.15 bits per heavy atom. The Labute approximate surface area is 154 Å². The van der Waals surface area contributed by atoms with Crippen LogP contribution >= 0.6 is 0 Å². The normalized spacial score (nSPS) is 24.7. The summed E-state index contributed by atoms with van der Waals surface area (Å²) in [6.07, 6.45) is 5.26. The van der Waals surface area contributed by atoms with Crippen LogP contribution in [0.2, 0.25) is 0 Å². The third-order valence-corrected chi connectivity index (χ3v) is 7.33. The second kappa shape index (κ2) is 7.36. The first-order valence-electron chi connectivity index (χ1n) is 8.89. The van der Waals surface area contributed by atoms with E-state index < -0.39 is 15.9 Å². The molecule has 0 spiro atoms. The van der Waals surface area contributed by atoms with Gasteiger partial charge < -0.3 is 0 Å². The number of sulfonamides is 1. The van der Waals surface area contributed by atoms with Crippen molar-refractivity contribution in [2.75, 3.05) is 14.1 Å². The van der Waals surface area contributed by atoms with Crippen LogP contribution in [0.4, 0.5) is 0 Å². The van der Waals surface area contributed by atoms with E-state index >= 15 is 0 Å². The van der Waals surface area contributed by atoms with Crippen LogP contribution in [0.1, 0.15) is 42.5 Å². The Balaban J connectivity index is 1.56. The predicted molar refractivity (Wildman–Crippen MR) is 96.5 cm³/mol. The van der Waals surface area contributed by atoms with Crippen LogP contribution in [0.25, 0.3) is 0 Å². The standard InChI is InChI=1S/C18H25N3O4S/c1-21(2)26(24,25)16-5-3-4-14(10-16)18(23)20-19-17(22)11-15-9-12-6-7-13(15)8-12/h3-5,10,12-13,15H,6-9,11H2,1-2H3,(H,19,22)(H,20,23)/t12-,13-,15+/m1/s1. The summed E-state index contributed by atoms with van der Waals surface area (Å²) < 4.78 is 25.4. The van der Waals surface area contributed by atoms with Crippen LogP contribution in [0.3, 0.4) is 0 Å². The van der Waals surface area contributed by atoms with Gasteiger partial charge in [-0.25, -0.2) is 12.7 Å². The summed E-state index contributed by atoms with van der Waals surface area (Å²) in [4.78, 5) is 24.4. The zero-order valence-corrected chi connectivity index (χ0v) is 15.9. The zero-order chi connectivity index (χ0) is 18.9. The molecule has 142 valence electrons.